The van der Waals surface area contributed by atoms with Crippen LogP contribution in [-0.4, -0.2) is 21.6 Å². The predicted molar refractivity (Wildman–Crippen MR) is 108 cm³/mol. The van der Waals surface area contributed by atoms with Gasteiger partial charge in [0.05, 0.1) is 17.1 Å². The lowest BCUT2D eigenvalue weighted by atomic mass is 10.0. The van der Waals surface area contributed by atoms with E-state index in [9.17, 15) is 4.79 Å². The molecule has 3 rings (SSSR count). The van der Waals surface area contributed by atoms with Crippen molar-refractivity contribution in [3.05, 3.63) is 60.4 Å². The van der Waals surface area contributed by atoms with Crippen LogP contribution in [0.2, 0.25) is 0 Å². The van der Waals surface area contributed by atoms with E-state index < -0.39 is 0 Å². The van der Waals surface area contributed by atoms with Crippen LogP contribution in [0.3, 0.4) is 0 Å². The maximum atomic E-state index is 12.4. The maximum Gasteiger partial charge on any atom is 0.220 e. The number of aromatic nitrogens is 2. The summed E-state index contributed by atoms with van der Waals surface area (Å²) in [7, 11) is 0. The first-order valence-corrected chi connectivity index (χ1v) is 10.0. The molecule has 2 aromatic carbocycles. The Balaban J connectivity index is 1.53. The summed E-state index contributed by atoms with van der Waals surface area (Å²) in [4.78, 5) is 21.6. The molecule has 3 aromatic rings. The largest absolute Gasteiger partial charge is 0.346 e. The van der Waals surface area contributed by atoms with Crippen molar-refractivity contribution in [3.8, 4) is 0 Å². The minimum Gasteiger partial charge on any atom is -0.346 e. The standard InChI is InChI=1S/C21H25N3OS/c1-15(2)20(21-22-17-11-6-7-12-18(17)23-21)24-19(25)13-8-14-26-16-9-4-3-5-10-16/h3-7,9-12,15,20H,8,13-14H2,1-2H3,(H,22,23)(H,24,25). The molecule has 1 aromatic heterocycles. The van der Waals surface area contributed by atoms with Crippen LogP contribution >= 0.6 is 11.8 Å². The number of nitrogens with one attached hydrogen (secondary N) is 2. The third-order valence-electron chi connectivity index (χ3n) is 4.25. The summed E-state index contributed by atoms with van der Waals surface area (Å²) in [5.74, 6) is 2.11. The Hall–Kier alpha value is -2.27. The summed E-state index contributed by atoms with van der Waals surface area (Å²) in [6.45, 7) is 4.20. The van der Waals surface area contributed by atoms with Gasteiger partial charge in [-0.05, 0) is 42.4 Å². The lowest BCUT2D eigenvalue weighted by molar-refractivity contribution is -0.122. The van der Waals surface area contributed by atoms with Crippen LogP contribution in [0.1, 0.15) is 38.6 Å². The van der Waals surface area contributed by atoms with E-state index >= 15 is 0 Å². The van der Waals surface area contributed by atoms with Crippen molar-refractivity contribution >= 4 is 28.7 Å². The number of aromatic amines is 1. The fourth-order valence-corrected chi connectivity index (χ4v) is 3.73. The molecule has 5 heteroatoms. The molecule has 0 bridgehead atoms. The highest BCUT2D eigenvalue weighted by Crippen LogP contribution is 2.23. The number of carbonyl (C=O) groups is 1. The van der Waals surface area contributed by atoms with Gasteiger partial charge < -0.3 is 10.3 Å². The van der Waals surface area contributed by atoms with Gasteiger partial charge in [-0.2, -0.15) is 0 Å². The zero-order chi connectivity index (χ0) is 18.4. The molecule has 0 saturated heterocycles. The summed E-state index contributed by atoms with van der Waals surface area (Å²) in [6, 6.07) is 18.1. The minimum atomic E-state index is -0.100. The van der Waals surface area contributed by atoms with Crippen molar-refractivity contribution in [1.82, 2.24) is 15.3 Å². The second-order valence-electron chi connectivity index (χ2n) is 6.69. The van der Waals surface area contributed by atoms with Crippen molar-refractivity contribution in [2.75, 3.05) is 5.75 Å². The molecular formula is C21H25N3OS. The summed E-state index contributed by atoms with van der Waals surface area (Å²) >= 11 is 1.79. The first-order chi connectivity index (χ1) is 12.6. The molecule has 26 heavy (non-hydrogen) atoms. The zero-order valence-corrected chi connectivity index (χ0v) is 16.1. The Bertz CT molecular complexity index is 812. The number of fused-ring (bicyclic) bond motifs is 1. The van der Waals surface area contributed by atoms with E-state index in [1.807, 2.05) is 42.5 Å². The van der Waals surface area contributed by atoms with E-state index in [0.717, 1.165) is 29.0 Å². The number of thioether (sulfide) groups is 1. The van der Waals surface area contributed by atoms with E-state index in [1.165, 1.54) is 4.90 Å². The highest BCUT2D eigenvalue weighted by molar-refractivity contribution is 7.99. The van der Waals surface area contributed by atoms with Gasteiger partial charge in [0.25, 0.3) is 0 Å². The number of rotatable bonds is 8. The van der Waals surface area contributed by atoms with Crippen molar-refractivity contribution in [1.29, 1.82) is 0 Å². The van der Waals surface area contributed by atoms with Crippen molar-refractivity contribution in [3.63, 3.8) is 0 Å². The molecule has 1 unspecified atom stereocenters. The number of carbonyl (C=O) groups excluding carboxylic acids is 1. The number of hydrogen-bond acceptors (Lipinski definition) is 3. The highest BCUT2D eigenvalue weighted by Gasteiger charge is 2.21. The van der Waals surface area contributed by atoms with Crippen molar-refractivity contribution in [2.24, 2.45) is 5.92 Å². The van der Waals surface area contributed by atoms with Gasteiger partial charge in [-0.3, -0.25) is 4.79 Å². The van der Waals surface area contributed by atoms with E-state index in [4.69, 9.17) is 0 Å². The number of para-hydroxylation sites is 2. The SMILES string of the molecule is CC(C)C(NC(=O)CCCSc1ccccc1)c1nc2ccccc2[nH]1. The molecule has 136 valence electrons. The number of nitrogens with zero attached hydrogens (tertiary/aromatic N) is 1. The zero-order valence-electron chi connectivity index (χ0n) is 15.2. The fraction of sp³-hybridized carbons (Fsp3) is 0.333. The Kier molecular flexibility index (Phi) is 6.34. The van der Waals surface area contributed by atoms with Crippen LogP contribution in [0.25, 0.3) is 11.0 Å². The van der Waals surface area contributed by atoms with Gasteiger partial charge in [0.2, 0.25) is 5.91 Å². The highest BCUT2D eigenvalue weighted by atomic mass is 32.2. The summed E-state index contributed by atoms with van der Waals surface area (Å²) in [6.07, 6.45) is 1.39. The normalized spacial score (nSPS) is 12.4. The van der Waals surface area contributed by atoms with Gasteiger partial charge in [-0.1, -0.05) is 44.2 Å². The monoisotopic (exact) mass is 367 g/mol. The number of hydrogen-bond donors (Lipinski definition) is 2. The second kappa shape index (κ2) is 8.90. The van der Waals surface area contributed by atoms with Gasteiger partial charge in [-0.25, -0.2) is 4.98 Å². The van der Waals surface area contributed by atoms with Crippen LogP contribution in [0.4, 0.5) is 0 Å². The van der Waals surface area contributed by atoms with Gasteiger partial charge >= 0.3 is 0 Å². The third kappa shape index (κ3) is 4.88. The van der Waals surface area contributed by atoms with E-state index in [0.29, 0.717) is 6.42 Å². The minimum absolute atomic E-state index is 0.0813. The Labute approximate surface area is 158 Å². The second-order valence-corrected chi connectivity index (χ2v) is 7.86. The average molecular weight is 368 g/mol. The van der Waals surface area contributed by atoms with Gasteiger partial charge in [0.1, 0.15) is 5.82 Å². The molecule has 0 fully saturated rings. The fourth-order valence-electron chi connectivity index (χ4n) is 2.86. The van der Waals surface area contributed by atoms with E-state index in [2.05, 4.69) is 41.3 Å². The molecular weight excluding hydrogens is 342 g/mol. The predicted octanol–water partition coefficient (Wildman–Crippen LogP) is 4.95. The van der Waals surface area contributed by atoms with Crippen LogP contribution < -0.4 is 5.32 Å². The van der Waals surface area contributed by atoms with E-state index in [-0.39, 0.29) is 17.9 Å². The van der Waals surface area contributed by atoms with Crippen molar-refractivity contribution < 1.29 is 4.79 Å². The van der Waals surface area contributed by atoms with E-state index in [1.54, 1.807) is 11.8 Å². The summed E-state index contributed by atoms with van der Waals surface area (Å²) in [5, 5.41) is 3.15. The molecule has 0 aliphatic carbocycles. The molecule has 1 heterocycles. The first-order valence-electron chi connectivity index (χ1n) is 9.05. The third-order valence-corrected chi connectivity index (χ3v) is 5.34. The van der Waals surface area contributed by atoms with Gasteiger partial charge in [0.15, 0.2) is 0 Å². The number of imidazole rings is 1. The van der Waals surface area contributed by atoms with Crippen LogP contribution in [0, 0.1) is 5.92 Å². The van der Waals surface area contributed by atoms with Gasteiger partial charge in [0, 0.05) is 11.3 Å². The molecule has 1 amide bonds. The van der Waals surface area contributed by atoms with Crippen LogP contribution in [0.5, 0.6) is 0 Å². The molecule has 2 N–H and O–H groups in total. The first kappa shape index (κ1) is 18.5. The molecule has 1 atom stereocenters. The molecule has 0 saturated carbocycles. The molecule has 0 spiro atoms. The topological polar surface area (TPSA) is 57.8 Å². The quantitative estimate of drug-likeness (QED) is 0.437. The summed E-state index contributed by atoms with van der Waals surface area (Å²) < 4.78 is 0. The Morgan fingerprint density at radius 1 is 1.12 bits per heavy atom. The number of amides is 1. The maximum absolute atomic E-state index is 12.4. The molecule has 0 aliphatic heterocycles. The summed E-state index contributed by atoms with van der Waals surface area (Å²) in [5.41, 5.74) is 1.93. The lowest BCUT2D eigenvalue weighted by Crippen LogP contribution is -2.32. The van der Waals surface area contributed by atoms with Crippen LogP contribution in [0.15, 0.2) is 59.5 Å². The Morgan fingerprint density at radius 3 is 2.58 bits per heavy atom. The smallest absolute Gasteiger partial charge is 0.220 e. The Morgan fingerprint density at radius 2 is 1.85 bits per heavy atom. The number of H-pyrrole nitrogens is 1. The molecule has 0 radical (unpaired) electrons. The molecule has 0 aliphatic rings. The number of benzene rings is 2. The van der Waals surface area contributed by atoms with Gasteiger partial charge in [-0.15, -0.1) is 11.8 Å². The average Bonchev–Trinajstić information content (AvgIpc) is 3.07. The molecule has 4 nitrogen and oxygen atoms in total. The van der Waals surface area contributed by atoms with Crippen molar-refractivity contribution in [2.45, 2.75) is 37.6 Å². The lowest BCUT2D eigenvalue weighted by Gasteiger charge is -2.20. The van der Waals surface area contributed by atoms with Crippen LogP contribution in [-0.2, 0) is 4.79 Å².